The Kier molecular flexibility index (Phi) is 5.29. The van der Waals surface area contributed by atoms with Crippen LogP contribution in [0, 0.1) is 5.92 Å². The van der Waals surface area contributed by atoms with Gasteiger partial charge in [0.05, 0.1) is 4.90 Å². The van der Waals surface area contributed by atoms with Crippen LogP contribution in [0.5, 0.6) is 0 Å². The summed E-state index contributed by atoms with van der Waals surface area (Å²) in [5.41, 5.74) is 6.23. The highest BCUT2D eigenvalue weighted by atomic mass is 79.9. The summed E-state index contributed by atoms with van der Waals surface area (Å²) in [6.45, 7) is 2.17. The van der Waals surface area contributed by atoms with E-state index in [1.54, 1.807) is 16.4 Å². The first-order chi connectivity index (χ1) is 9.80. The van der Waals surface area contributed by atoms with Crippen LogP contribution in [0.2, 0.25) is 0 Å². The van der Waals surface area contributed by atoms with E-state index in [1.807, 2.05) is 14.1 Å². The molecule has 1 fully saturated rings. The van der Waals surface area contributed by atoms with Crippen LogP contribution in [0.1, 0.15) is 12.8 Å². The number of hydrogen-bond donors (Lipinski definition) is 1. The van der Waals surface area contributed by atoms with Gasteiger partial charge in [-0.3, -0.25) is 0 Å². The van der Waals surface area contributed by atoms with Gasteiger partial charge in [0, 0.05) is 29.8 Å². The quantitative estimate of drug-likeness (QED) is 0.817. The lowest BCUT2D eigenvalue weighted by Gasteiger charge is -2.32. The molecule has 0 radical (unpaired) electrons. The van der Waals surface area contributed by atoms with Gasteiger partial charge in [-0.05, 0) is 67.0 Å². The van der Waals surface area contributed by atoms with Crippen molar-refractivity contribution < 1.29 is 8.42 Å². The molecule has 0 bridgehead atoms. The van der Waals surface area contributed by atoms with Crippen molar-refractivity contribution in [2.75, 3.05) is 39.5 Å². The minimum Gasteiger partial charge on any atom is -0.398 e. The average Bonchev–Trinajstić information content (AvgIpc) is 2.41. The summed E-state index contributed by atoms with van der Waals surface area (Å²) in [5, 5.41) is 0. The Balaban J connectivity index is 2.09. The van der Waals surface area contributed by atoms with E-state index in [1.165, 1.54) is 6.07 Å². The Labute approximate surface area is 135 Å². The second-order valence-electron chi connectivity index (χ2n) is 5.79. The minimum atomic E-state index is -3.43. The van der Waals surface area contributed by atoms with Crippen LogP contribution in [-0.4, -0.2) is 51.4 Å². The number of nitrogens with two attached hydrogens (primary N) is 1. The van der Waals surface area contributed by atoms with Crippen molar-refractivity contribution >= 4 is 31.6 Å². The monoisotopic (exact) mass is 375 g/mol. The molecule has 0 unspecified atom stereocenters. The molecule has 0 spiro atoms. The maximum atomic E-state index is 12.6. The zero-order valence-corrected chi connectivity index (χ0v) is 14.8. The molecule has 2 rings (SSSR count). The van der Waals surface area contributed by atoms with E-state index in [0.29, 0.717) is 29.2 Å². The van der Waals surface area contributed by atoms with E-state index in [4.69, 9.17) is 5.73 Å². The summed E-state index contributed by atoms with van der Waals surface area (Å²) >= 11 is 3.28. The number of halogens is 1. The third-order valence-electron chi connectivity index (χ3n) is 3.80. The molecule has 2 N–H and O–H groups in total. The van der Waals surface area contributed by atoms with Crippen molar-refractivity contribution in [1.29, 1.82) is 0 Å². The Morgan fingerprint density at radius 1 is 1.33 bits per heavy atom. The number of sulfonamides is 1. The summed E-state index contributed by atoms with van der Waals surface area (Å²) in [5.74, 6) is 0.571. The summed E-state index contributed by atoms with van der Waals surface area (Å²) in [4.78, 5) is 2.43. The normalized spacial score (nSPS) is 18.3. The van der Waals surface area contributed by atoms with Gasteiger partial charge in [0.2, 0.25) is 10.0 Å². The molecule has 0 amide bonds. The van der Waals surface area contributed by atoms with Gasteiger partial charge < -0.3 is 10.6 Å². The highest BCUT2D eigenvalue weighted by Crippen LogP contribution is 2.27. The zero-order valence-electron chi connectivity index (χ0n) is 12.4. The summed E-state index contributed by atoms with van der Waals surface area (Å²) < 4.78 is 27.5. The molecule has 21 heavy (non-hydrogen) atoms. The molecular formula is C14H22BrN3O2S. The molecule has 1 aliphatic rings. The smallest absolute Gasteiger partial charge is 0.243 e. The van der Waals surface area contributed by atoms with Crippen LogP contribution in [0.15, 0.2) is 27.6 Å². The third-order valence-corrected chi connectivity index (χ3v) is 6.42. The number of piperidine rings is 1. The highest BCUT2D eigenvalue weighted by molar-refractivity contribution is 9.10. The molecule has 1 aliphatic heterocycles. The van der Waals surface area contributed by atoms with Crippen LogP contribution in [0.3, 0.4) is 0 Å². The summed E-state index contributed by atoms with van der Waals surface area (Å²) in [7, 11) is 0.664. The fourth-order valence-electron chi connectivity index (χ4n) is 2.68. The number of nitrogens with zero attached hydrogens (tertiary/aromatic N) is 2. The number of rotatable bonds is 4. The molecule has 1 aromatic carbocycles. The molecule has 1 saturated heterocycles. The van der Waals surface area contributed by atoms with E-state index >= 15 is 0 Å². The van der Waals surface area contributed by atoms with Crippen LogP contribution < -0.4 is 5.73 Å². The second-order valence-corrected chi connectivity index (χ2v) is 8.59. The first-order valence-corrected chi connectivity index (χ1v) is 9.24. The Morgan fingerprint density at radius 3 is 2.48 bits per heavy atom. The molecule has 0 aromatic heterocycles. The molecule has 0 atom stereocenters. The number of anilines is 1. The largest absolute Gasteiger partial charge is 0.398 e. The van der Waals surface area contributed by atoms with Crippen molar-refractivity contribution in [1.82, 2.24) is 9.21 Å². The van der Waals surface area contributed by atoms with Crippen molar-refractivity contribution in [3.63, 3.8) is 0 Å². The molecule has 118 valence electrons. The van der Waals surface area contributed by atoms with Gasteiger partial charge in [0.1, 0.15) is 0 Å². The Hall–Kier alpha value is -0.630. The number of nitrogen functional groups attached to an aromatic ring is 1. The lowest BCUT2D eigenvalue weighted by molar-refractivity contribution is 0.225. The van der Waals surface area contributed by atoms with Gasteiger partial charge in [-0.2, -0.15) is 4.31 Å². The second kappa shape index (κ2) is 6.64. The predicted octanol–water partition coefficient (Wildman–Crippen LogP) is 1.99. The topological polar surface area (TPSA) is 66.6 Å². The highest BCUT2D eigenvalue weighted by Gasteiger charge is 2.29. The molecular weight excluding hydrogens is 354 g/mol. The van der Waals surface area contributed by atoms with Gasteiger partial charge in [-0.1, -0.05) is 0 Å². The van der Waals surface area contributed by atoms with E-state index in [9.17, 15) is 8.42 Å². The maximum absolute atomic E-state index is 12.6. The van der Waals surface area contributed by atoms with Crippen molar-refractivity contribution in [2.45, 2.75) is 17.7 Å². The van der Waals surface area contributed by atoms with Gasteiger partial charge >= 0.3 is 0 Å². The summed E-state index contributed by atoms with van der Waals surface area (Å²) in [6, 6.07) is 4.80. The van der Waals surface area contributed by atoms with Gasteiger partial charge in [0.15, 0.2) is 0 Å². The maximum Gasteiger partial charge on any atom is 0.243 e. The zero-order chi connectivity index (χ0) is 15.6. The van der Waals surface area contributed by atoms with E-state index < -0.39 is 10.0 Å². The Bertz CT molecular complexity index is 596. The molecule has 0 saturated carbocycles. The van der Waals surface area contributed by atoms with Gasteiger partial charge in [-0.25, -0.2) is 8.42 Å². The van der Waals surface area contributed by atoms with Gasteiger partial charge in [0.25, 0.3) is 0 Å². The third kappa shape index (κ3) is 3.97. The van der Waals surface area contributed by atoms with Crippen LogP contribution in [-0.2, 0) is 10.0 Å². The fourth-order valence-corrected chi connectivity index (χ4v) is 4.43. The van der Waals surface area contributed by atoms with Crippen molar-refractivity contribution in [3.05, 3.63) is 22.7 Å². The first kappa shape index (κ1) is 16.7. The standard InChI is InChI=1S/C14H22BrN3O2S/c1-17(2)10-11-5-7-18(8-6-11)21(19,20)12-3-4-13(15)14(16)9-12/h3-4,9,11H,5-8,10,16H2,1-2H3. The average molecular weight is 376 g/mol. The predicted molar refractivity (Wildman–Crippen MR) is 88.6 cm³/mol. The lowest BCUT2D eigenvalue weighted by Crippen LogP contribution is -2.40. The molecule has 1 heterocycles. The molecule has 1 aromatic rings. The van der Waals surface area contributed by atoms with Crippen LogP contribution >= 0.6 is 15.9 Å². The van der Waals surface area contributed by atoms with Crippen molar-refractivity contribution in [2.24, 2.45) is 5.92 Å². The van der Waals surface area contributed by atoms with E-state index in [-0.39, 0.29) is 4.90 Å². The molecule has 0 aliphatic carbocycles. The molecule has 5 nitrogen and oxygen atoms in total. The van der Waals surface area contributed by atoms with Gasteiger partial charge in [-0.15, -0.1) is 0 Å². The minimum absolute atomic E-state index is 0.272. The summed E-state index contributed by atoms with van der Waals surface area (Å²) in [6.07, 6.45) is 1.81. The number of hydrogen-bond acceptors (Lipinski definition) is 4. The fraction of sp³-hybridized carbons (Fsp3) is 0.571. The Morgan fingerprint density at radius 2 is 1.95 bits per heavy atom. The lowest BCUT2D eigenvalue weighted by atomic mass is 9.98. The van der Waals surface area contributed by atoms with Crippen molar-refractivity contribution in [3.8, 4) is 0 Å². The van der Waals surface area contributed by atoms with Crippen LogP contribution in [0.4, 0.5) is 5.69 Å². The van der Waals surface area contributed by atoms with Crippen LogP contribution in [0.25, 0.3) is 0 Å². The van der Waals surface area contributed by atoms with E-state index in [2.05, 4.69) is 20.8 Å². The SMILES string of the molecule is CN(C)CC1CCN(S(=O)(=O)c2ccc(Br)c(N)c2)CC1. The molecule has 7 heteroatoms. The van der Waals surface area contributed by atoms with E-state index in [0.717, 1.165) is 19.4 Å². The number of benzene rings is 1. The first-order valence-electron chi connectivity index (χ1n) is 7.00.